The zero-order valence-electron chi connectivity index (χ0n) is 12.9. The summed E-state index contributed by atoms with van der Waals surface area (Å²) in [6.07, 6.45) is 6.52. The third-order valence-electron chi connectivity index (χ3n) is 3.24. The highest BCUT2D eigenvalue weighted by Gasteiger charge is 2.03. The third kappa shape index (κ3) is 8.76. The highest BCUT2D eigenvalue weighted by atomic mass is 79.9. The average molecular weight is 356 g/mol. The van der Waals surface area contributed by atoms with Crippen LogP contribution in [0.1, 0.15) is 44.6 Å². The van der Waals surface area contributed by atoms with Gasteiger partial charge < -0.3 is 10.1 Å². The predicted molar refractivity (Wildman–Crippen MR) is 91.2 cm³/mol. The second-order valence-electron chi connectivity index (χ2n) is 5.12. The molecular formula is C17H26BrNO2. The van der Waals surface area contributed by atoms with E-state index in [1.807, 2.05) is 24.3 Å². The van der Waals surface area contributed by atoms with Crippen LogP contribution in [0.25, 0.3) is 0 Å². The maximum absolute atomic E-state index is 11.8. The van der Waals surface area contributed by atoms with Gasteiger partial charge in [0, 0.05) is 11.9 Å². The number of halogens is 1. The first-order valence-electron chi connectivity index (χ1n) is 7.80. The highest BCUT2D eigenvalue weighted by molar-refractivity contribution is 9.09. The molecular weight excluding hydrogens is 330 g/mol. The molecule has 0 bridgehead atoms. The molecule has 0 fully saturated rings. The Morgan fingerprint density at radius 1 is 1.14 bits per heavy atom. The molecule has 1 amide bonds. The van der Waals surface area contributed by atoms with E-state index in [1.54, 1.807) is 0 Å². The molecule has 1 N–H and O–H groups in total. The number of amides is 1. The molecule has 0 atom stereocenters. The van der Waals surface area contributed by atoms with Crippen LogP contribution in [0.3, 0.4) is 0 Å². The van der Waals surface area contributed by atoms with Crippen LogP contribution in [0, 0.1) is 0 Å². The number of unbranched alkanes of at least 4 members (excludes halogenated alkanes) is 4. The Morgan fingerprint density at radius 2 is 1.86 bits per heavy atom. The van der Waals surface area contributed by atoms with Gasteiger partial charge in [0.25, 0.3) is 0 Å². The van der Waals surface area contributed by atoms with Crippen LogP contribution in [-0.4, -0.2) is 24.4 Å². The molecule has 0 saturated heterocycles. The van der Waals surface area contributed by atoms with Crippen molar-refractivity contribution >= 4 is 21.8 Å². The van der Waals surface area contributed by atoms with Gasteiger partial charge in [0.2, 0.25) is 5.91 Å². The molecule has 4 heteroatoms. The van der Waals surface area contributed by atoms with Crippen molar-refractivity contribution in [2.45, 2.75) is 45.4 Å². The number of carbonyl (C=O) groups excluding carboxylic acids is 1. The van der Waals surface area contributed by atoms with Crippen molar-refractivity contribution in [2.24, 2.45) is 0 Å². The number of rotatable bonds is 11. The van der Waals surface area contributed by atoms with Crippen LogP contribution >= 0.6 is 15.9 Å². The molecule has 0 heterocycles. The normalized spacial score (nSPS) is 10.4. The predicted octanol–water partition coefficient (Wildman–Crippen LogP) is 4.09. The van der Waals surface area contributed by atoms with E-state index in [4.69, 9.17) is 4.74 Å². The fourth-order valence-corrected chi connectivity index (χ4v) is 2.23. The molecule has 0 unspecified atom stereocenters. The summed E-state index contributed by atoms with van der Waals surface area (Å²) in [6, 6.07) is 7.72. The van der Waals surface area contributed by atoms with Gasteiger partial charge in [-0.1, -0.05) is 60.7 Å². The summed E-state index contributed by atoms with van der Waals surface area (Å²) in [5.74, 6) is 0.939. The summed E-state index contributed by atoms with van der Waals surface area (Å²) in [5.41, 5.74) is 1.02. The number of nitrogens with one attached hydrogen (secondary N) is 1. The van der Waals surface area contributed by atoms with Gasteiger partial charge in [0.1, 0.15) is 5.75 Å². The molecule has 118 valence electrons. The minimum absolute atomic E-state index is 0.0969. The van der Waals surface area contributed by atoms with Crippen LogP contribution in [0.5, 0.6) is 5.75 Å². The molecule has 0 spiro atoms. The Hall–Kier alpha value is -1.03. The summed E-state index contributed by atoms with van der Waals surface area (Å²) in [5, 5.41) is 3.80. The maximum atomic E-state index is 11.8. The minimum Gasteiger partial charge on any atom is -0.493 e. The van der Waals surface area contributed by atoms with Gasteiger partial charge >= 0.3 is 0 Å². The Morgan fingerprint density at radius 3 is 2.52 bits per heavy atom. The van der Waals surface area contributed by atoms with Crippen LogP contribution in [0.4, 0.5) is 0 Å². The topological polar surface area (TPSA) is 38.3 Å². The summed E-state index contributed by atoms with van der Waals surface area (Å²) in [6.45, 7) is 3.64. The lowest BCUT2D eigenvalue weighted by Gasteiger charge is -2.07. The molecule has 0 aliphatic carbocycles. The third-order valence-corrected chi connectivity index (χ3v) is 3.56. The average Bonchev–Trinajstić information content (AvgIpc) is 2.50. The standard InChI is InChI=1S/C17H26BrNO2/c1-2-3-4-5-6-12-19-17(20)14-15-7-9-16(10-8-15)21-13-11-18/h7-10H,2-6,11-14H2,1H3,(H,19,20). The lowest BCUT2D eigenvalue weighted by atomic mass is 10.1. The molecule has 0 aliphatic rings. The number of hydrogen-bond acceptors (Lipinski definition) is 2. The SMILES string of the molecule is CCCCCCCNC(=O)Cc1ccc(OCCBr)cc1. The van der Waals surface area contributed by atoms with Gasteiger partial charge in [-0.3, -0.25) is 4.79 Å². The van der Waals surface area contributed by atoms with E-state index in [1.165, 1.54) is 25.7 Å². The zero-order valence-corrected chi connectivity index (χ0v) is 14.5. The van der Waals surface area contributed by atoms with Crippen molar-refractivity contribution in [1.29, 1.82) is 0 Å². The number of ether oxygens (including phenoxy) is 1. The quantitative estimate of drug-likeness (QED) is 0.479. The Balaban J connectivity index is 2.18. The summed E-state index contributed by atoms with van der Waals surface area (Å²) < 4.78 is 5.48. The molecule has 0 aromatic heterocycles. The Kier molecular flexibility index (Phi) is 9.96. The zero-order chi connectivity index (χ0) is 15.3. The van der Waals surface area contributed by atoms with Crippen LogP contribution in [-0.2, 0) is 11.2 Å². The van der Waals surface area contributed by atoms with Gasteiger partial charge in [0.05, 0.1) is 13.0 Å². The van der Waals surface area contributed by atoms with E-state index in [0.717, 1.165) is 29.6 Å². The van der Waals surface area contributed by atoms with E-state index < -0.39 is 0 Å². The molecule has 0 aliphatic heterocycles. The maximum Gasteiger partial charge on any atom is 0.224 e. The van der Waals surface area contributed by atoms with Crippen LogP contribution in [0.15, 0.2) is 24.3 Å². The fourth-order valence-electron chi connectivity index (χ4n) is 2.06. The van der Waals surface area contributed by atoms with Gasteiger partial charge in [0.15, 0.2) is 0 Å². The van der Waals surface area contributed by atoms with Crippen molar-refractivity contribution in [3.63, 3.8) is 0 Å². The first-order chi connectivity index (χ1) is 10.3. The Bertz CT molecular complexity index is 392. The van der Waals surface area contributed by atoms with Gasteiger partial charge in [-0.05, 0) is 24.1 Å². The largest absolute Gasteiger partial charge is 0.493 e. The Labute approximate surface area is 136 Å². The van der Waals surface area contributed by atoms with Crippen molar-refractivity contribution in [3.05, 3.63) is 29.8 Å². The molecule has 3 nitrogen and oxygen atoms in total. The van der Waals surface area contributed by atoms with Gasteiger partial charge in [-0.15, -0.1) is 0 Å². The number of hydrogen-bond donors (Lipinski definition) is 1. The first-order valence-corrected chi connectivity index (χ1v) is 8.92. The summed E-state index contributed by atoms with van der Waals surface area (Å²) >= 11 is 3.32. The van der Waals surface area contributed by atoms with E-state index in [2.05, 4.69) is 28.2 Å². The van der Waals surface area contributed by atoms with Crippen molar-refractivity contribution in [1.82, 2.24) is 5.32 Å². The van der Waals surface area contributed by atoms with Gasteiger partial charge in [-0.25, -0.2) is 0 Å². The van der Waals surface area contributed by atoms with Crippen molar-refractivity contribution in [2.75, 3.05) is 18.5 Å². The summed E-state index contributed by atoms with van der Waals surface area (Å²) in [7, 11) is 0. The van der Waals surface area contributed by atoms with E-state index in [9.17, 15) is 4.79 Å². The van der Waals surface area contributed by atoms with Crippen molar-refractivity contribution in [3.8, 4) is 5.75 Å². The number of benzene rings is 1. The molecule has 0 radical (unpaired) electrons. The molecule has 1 aromatic carbocycles. The lowest BCUT2D eigenvalue weighted by Crippen LogP contribution is -2.26. The second kappa shape index (κ2) is 11.6. The second-order valence-corrected chi connectivity index (χ2v) is 5.92. The first kappa shape index (κ1) is 18.0. The molecule has 1 aromatic rings. The van der Waals surface area contributed by atoms with E-state index >= 15 is 0 Å². The monoisotopic (exact) mass is 355 g/mol. The molecule has 0 saturated carbocycles. The highest BCUT2D eigenvalue weighted by Crippen LogP contribution is 2.12. The van der Waals surface area contributed by atoms with Crippen molar-refractivity contribution < 1.29 is 9.53 Å². The van der Waals surface area contributed by atoms with E-state index in [-0.39, 0.29) is 5.91 Å². The number of alkyl halides is 1. The number of carbonyl (C=O) groups is 1. The fraction of sp³-hybridized carbons (Fsp3) is 0.588. The smallest absolute Gasteiger partial charge is 0.224 e. The lowest BCUT2D eigenvalue weighted by molar-refractivity contribution is -0.120. The molecule has 21 heavy (non-hydrogen) atoms. The minimum atomic E-state index is 0.0969. The van der Waals surface area contributed by atoms with Crippen LogP contribution in [0.2, 0.25) is 0 Å². The van der Waals surface area contributed by atoms with E-state index in [0.29, 0.717) is 13.0 Å². The molecule has 1 rings (SSSR count). The van der Waals surface area contributed by atoms with Crippen LogP contribution < -0.4 is 10.1 Å². The summed E-state index contributed by atoms with van der Waals surface area (Å²) in [4.78, 5) is 11.8. The van der Waals surface area contributed by atoms with Gasteiger partial charge in [-0.2, -0.15) is 0 Å².